The van der Waals surface area contributed by atoms with E-state index in [1.807, 2.05) is 0 Å². The summed E-state index contributed by atoms with van der Waals surface area (Å²) in [5, 5.41) is 10.6. The average Bonchev–Trinajstić information content (AvgIpc) is 2.82. The molecule has 7 nitrogen and oxygen atoms in total. The number of nitro groups is 1. The van der Waals surface area contributed by atoms with Gasteiger partial charge in [-0.05, 0) is 30.3 Å². The number of hydrogen-bond donors (Lipinski definition) is 2. The van der Waals surface area contributed by atoms with Gasteiger partial charge in [0.1, 0.15) is 10.8 Å². The second kappa shape index (κ2) is 11.3. The summed E-state index contributed by atoms with van der Waals surface area (Å²) in [5.41, 5.74) is 8.17. The number of nitrogen functional groups attached to an aromatic ring is 2. The molecule has 0 atom stereocenters. The summed E-state index contributed by atoms with van der Waals surface area (Å²) >= 11 is 11.5. The third-order valence-corrected chi connectivity index (χ3v) is 5.49. The van der Waals surface area contributed by atoms with Crippen molar-refractivity contribution in [2.24, 2.45) is 0 Å². The van der Waals surface area contributed by atoms with Crippen molar-refractivity contribution in [1.82, 2.24) is 9.97 Å². The second-order valence-electron chi connectivity index (χ2n) is 7.66. The van der Waals surface area contributed by atoms with Crippen molar-refractivity contribution in [1.29, 1.82) is 0 Å². The van der Waals surface area contributed by atoms with Crippen LogP contribution >= 0.6 is 23.2 Å². The highest BCUT2D eigenvalue weighted by Gasteiger charge is 2.35. The number of halogens is 8. The van der Waals surface area contributed by atoms with E-state index in [0.29, 0.717) is 0 Å². The topological polar surface area (TPSA) is 121 Å². The van der Waals surface area contributed by atoms with Crippen molar-refractivity contribution in [2.75, 3.05) is 11.5 Å². The van der Waals surface area contributed by atoms with Crippen LogP contribution < -0.4 is 11.5 Å². The van der Waals surface area contributed by atoms with E-state index in [2.05, 4.69) is 9.97 Å². The van der Waals surface area contributed by atoms with Gasteiger partial charge < -0.3 is 11.5 Å². The fourth-order valence-corrected chi connectivity index (χ4v) is 3.89. The quantitative estimate of drug-likeness (QED) is 0.142. The Balaban J connectivity index is 0.000000218. The highest BCUT2D eigenvalue weighted by Crippen LogP contribution is 2.40. The molecule has 0 amide bonds. The number of aromatic nitrogens is 2. The minimum Gasteiger partial charge on any atom is -0.384 e. The normalized spacial score (nSPS) is 11.5. The Labute approximate surface area is 226 Å². The van der Waals surface area contributed by atoms with E-state index in [0.717, 1.165) is 18.2 Å². The van der Waals surface area contributed by atoms with E-state index in [9.17, 15) is 36.5 Å². The Bertz CT molecular complexity index is 1490. The van der Waals surface area contributed by atoms with Crippen LogP contribution in [-0.2, 0) is 12.4 Å². The van der Waals surface area contributed by atoms with Gasteiger partial charge in [-0.25, -0.2) is 9.97 Å². The second-order valence-corrected chi connectivity index (χ2v) is 8.51. The monoisotopic (exact) mass is 589 g/mol. The van der Waals surface area contributed by atoms with Crippen molar-refractivity contribution in [3.05, 3.63) is 98.0 Å². The molecule has 0 unspecified atom stereocenters. The number of alkyl halides is 6. The fraction of sp³-hybridized carbons (Fsp3) is 0.0833. The molecular weight excluding hydrogens is 575 g/mol. The maximum atomic E-state index is 12.9. The minimum absolute atomic E-state index is 0.0424. The van der Waals surface area contributed by atoms with Gasteiger partial charge in [0.25, 0.3) is 0 Å². The van der Waals surface area contributed by atoms with Gasteiger partial charge in [-0.1, -0.05) is 59.6 Å². The summed E-state index contributed by atoms with van der Waals surface area (Å²) in [6.07, 6.45) is -9.05. The van der Waals surface area contributed by atoms with Crippen molar-refractivity contribution in [3.63, 3.8) is 0 Å². The molecule has 0 aliphatic carbocycles. The van der Waals surface area contributed by atoms with E-state index in [-0.39, 0.29) is 38.4 Å². The molecule has 0 aliphatic rings. The molecule has 0 spiro atoms. The van der Waals surface area contributed by atoms with Crippen LogP contribution in [0, 0.1) is 10.1 Å². The predicted molar refractivity (Wildman–Crippen MR) is 135 cm³/mol. The summed E-state index contributed by atoms with van der Waals surface area (Å²) in [6.45, 7) is 0. The SMILES string of the molecule is Nc1cc(Cl)cc(-c2ccccc2C(F)(F)F)n1.Nc1nc(-c2ccccc2C(F)(F)F)cc(Cl)c1[N+](=O)[O-]. The summed E-state index contributed by atoms with van der Waals surface area (Å²) in [4.78, 5) is 17.4. The van der Waals surface area contributed by atoms with Crippen LogP contribution in [0.5, 0.6) is 0 Å². The van der Waals surface area contributed by atoms with Crippen LogP contribution in [0.4, 0.5) is 43.7 Å². The summed E-state index contributed by atoms with van der Waals surface area (Å²) < 4.78 is 77.4. The molecule has 0 saturated carbocycles. The molecule has 0 bridgehead atoms. The molecule has 0 saturated heterocycles. The molecule has 2 heterocycles. The fourth-order valence-electron chi connectivity index (χ4n) is 3.41. The van der Waals surface area contributed by atoms with E-state index in [4.69, 9.17) is 34.7 Å². The number of pyridine rings is 2. The van der Waals surface area contributed by atoms with Gasteiger partial charge in [-0.15, -0.1) is 0 Å². The summed E-state index contributed by atoms with van der Waals surface area (Å²) in [6, 6.07) is 13.5. The van der Waals surface area contributed by atoms with Crippen LogP contribution in [0.15, 0.2) is 66.7 Å². The molecule has 39 heavy (non-hydrogen) atoms. The number of hydrogen-bond acceptors (Lipinski definition) is 6. The predicted octanol–water partition coefficient (Wildman–Crippen LogP) is 7.91. The Kier molecular flexibility index (Phi) is 8.56. The number of benzene rings is 2. The maximum absolute atomic E-state index is 12.9. The first-order chi connectivity index (χ1) is 18.1. The molecule has 2 aromatic heterocycles. The number of rotatable bonds is 3. The number of nitrogens with zero attached hydrogens (tertiary/aromatic N) is 3. The van der Waals surface area contributed by atoms with Crippen LogP contribution in [0.25, 0.3) is 22.5 Å². The van der Waals surface area contributed by atoms with E-state index in [1.165, 1.54) is 48.5 Å². The molecule has 204 valence electrons. The zero-order chi connectivity index (χ0) is 29.1. The lowest BCUT2D eigenvalue weighted by Crippen LogP contribution is -2.08. The highest BCUT2D eigenvalue weighted by molar-refractivity contribution is 6.33. The highest BCUT2D eigenvalue weighted by atomic mass is 35.5. The molecule has 4 aromatic rings. The van der Waals surface area contributed by atoms with E-state index < -0.39 is 39.9 Å². The van der Waals surface area contributed by atoms with Crippen LogP contribution in [0.3, 0.4) is 0 Å². The Hall–Kier alpha value is -4.10. The lowest BCUT2D eigenvalue weighted by atomic mass is 10.0. The lowest BCUT2D eigenvalue weighted by molar-refractivity contribution is -0.384. The van der Waals surface area contributed by atoms with Crippen LogP contribution in [-0.4, -0.2) is 14.9 Å². The third-order valence-electron chi connectivity index (χ3n) is 4.98. The van der Waals surface area contributed by atoms with Gasteiger partial charge in [-0.3, -0.25) is 10.1 Å². The molecule has 2 aromatic carbocycles. The number of nitrogens with two attached hydrogens (primary N) is 2. The van der Waals surface area contributed by atoms with Crippen molar-refractivity contribution in [3.8, 4) is 22.5 Å². The molecule has 15 heteroatoms. The first kappa shape index (κ1) is 29.5. The lowest BCUT2D eigenvalue weighted by Gasteiger charge is -2.12. The molecule has 0 fully saturated rings. The number of anilines is 2. The molecule has 0 radical (unpaired) electrons. The maximum Gasteiger partial charge on any atom is 0.417 e. The molecule has 0 aliphatic heterocycles. The van der Waals surface area contributed by atoms with Gasteiger partial charge in [0.05, 0.1) is 27.4 Å². The Morgan fingerprint density at radius 2 is 1.21 bits per heavy atom. The van der Waals surface area contributed by atoms with E-state index >= 15 is 0 Å². The minimum atomic E-state index is -4.60. The first-order valence-corrected chi connectivity index (χ1v) is 11.2. The van der Waals surface area contributed by atoms with Crippen molar-refractivity contribution >= 4 is 40.5 Å². The van der Waals surface area contributed by atoms with Gasteiger partial charge in [0.2, 0.25) is 5.82 Å². The van der Waals surface area contributed by atoms with Gasteiger partial charge in [-0.2, -0.15) is 26.3 Å². The van der Waals surface area contributed by atoms with Crippen LogP contribution in [0.1, 0.15) is 11.1 Å². The largest absolute Gasteiger partial charge is 0.417 e. The van der Waals surface area contributed by atoms with Crippen LogP contribution in [0.2, 0.25) is 10.0 Å². The smallest absolute Gasteiger partial charge is 0.384 e. The Morgan fingerprint density at radius 1 is 0.744 bits per heavy atom. The molecule has 4 rings (SSSR count). The first-order valence-electron chi connectivity index (χ1n) is 10.5. The van der Waals surface area contributed by atoms with Gasteiger partial charge >= 0.3 is 18.0 Å². The third kappa shape index (κ3) is 7.06. The van der Waals surface area contributed by atoms with Gasteiger partial charge in [0.15, 0.2) is 0 Å². The summed E-state index contributed by atoms with van der Waals surface area (Å²) in [7, 11) is 0. The zero-order valence-electron chi connectivity index (χ0n) is 19.2. The van der Waals surface area contributed by atoms with Gasteiger partial charge in [0, 0.05) is 16.1 Å². The van der Waals surface area contributed by atoms with Crippen molar-refractivity contribution < 1.29 is 31.3 Å². The Morgan fingerprint density at radius 3 is 1.62 bits per heavy atom. The van der Waals surface area contributed by atoms with E-state index in [1.54, 1.807) is 0 Å². The average molecular weight is 590 g/mol. The zero-order valence-corrected chi connectivity index (χ0v) is 20.7. The van der Waals surface area contributed by atoms with Crippen molar-refractivity contribution in [2.45, 2.75) is 12.4 Å². The molecule has 4 N–H and O–H groups in total. The summed E-state index contributed by atoms with van der Waals surface area (Å²) in [5.74, 6) is -0.464. The molecular formula is C24H15Cl2F6N5O2. The standard InChI is InChI=1S/C12H7ClF3N3O2.C12H8ClF3N2/c13-8-5-9(18-11(17)10(8)19(20)21)6-3-1-2-4-7(6)12(14,15)16;13-7-5-10(18-11(17)6-7)8-3-1-2-4-9(8)12(14,15)16/h1-5H,(H2,17,18);1-6H,(H2,17,18).